The number of hydrogen-bond donors (Lipinski definition) is 2. The van der Waals surface area contributed by atoms with Gasteiger partial charge in [-0.1, -0.05) is 13.8 Å². The van der Waals surface area contributed by atoms with Crippen molar-refractivity contribution in [3.63, 3.8) is 0 Å². The van der Waals surface area contributed by atoms with Gasteiger partial charge in [0, 0.05) is 12.1 Å². The highest BCUT2D eigenvalue weighted by atomic mass is 16.1. The fourth-order valence-corrected chi connectivity index (χ4v) is 3.38. The van der Waals surface area contributed by atoms with Gasteiger partial charge < -0.3 is 16.0 Å². The summed E-state index contributed by atoms with van der Waals surface area (Å²) >= 11 is 0. The molecule has 0 aliphatic heterocycles. The minimum Gasteiger partial charge on any atom is -0.368 e. The van der Waals surface area contributed by atoms with Crippen molar-refractivity contribution >= 4 is 5.91 Å². The van der Waals surface area contributed by atoms with Crippen LogP contribution in [0.3, 0.4) is 0 Å². The predicted molar refractivity (Wildman–Crippen MR) is 79.9 cm³/mol. The van der Waals surface area contributed by atoms with E-state index < -0.39 is 5.54 Å². The van der Waals surface area contributed by atoms with Crippen molar-refractivity contribution in [2.24, 2.45) is 11.7 Å². The van der Waals surface area contributed by atoms with E-state index in [9.17, 15) is 4.79 Å². The van der Waals surface area contributed by atoms with Gasteiger partial charge in [0.05, 0.1) is 5.54 Å². The molecule has 0 heterocycles. The minimum absolute atomic E-state index is 0.204. The van der Waals surface area contributed by atoms with Crippen LogP contribution in [0.5, 0.6) is 0 Å². The second kappa shape index (κ2) is 6.71. The Morgan fingerprint density at radius 1 is 1.47 bits per heavy atom. The first kappa shape index (κ1) is 16.4. The van der Waals surface area contributed by atoms with Gasteiger partial charge in [-0.25, -0.2) is 0 Å². The largest absolute Gasteiger partial charge is 0.368 e. The van der Waals surface area contributed by atoms with E-state index in [2.05, 4.69) is 38.0 Å². The number of primary amides is 1. The molecule has 0 aromatic rings. The van der Waals surface area contributed by atoms with E-state index in [0.717, 1.165) is 25.7 Å². The Hall–Kier alpha value is -0.610. The monoisotopic (exact) mass is 269 g/mol. The number of carbonyl (C=O) groups is 1. The topological polar surface area (TPSA) is 58.4 Å². The van der Waals surface area contributed by atoms with Gasteiger partial charge >= 0.3 is 0 Å². The number of amides is 1. The fourth-order valence-electron chi connectivity index (χ4n) is 3.38. The summed E-state index contributed by atoms with van der Waals surface area (Å²) in [6, 6.07) is 0.994. The molecule has 19 heavy (non-hydrogen) atoms. The number of nitrogens with two attached hydrogens (primary N) is 1. The molecular weight excluding hydrogens is 238 g/mol. The molecule has 1 fully saturated rings. The van der Waals surface area contributed by atoms with Crippen LogP contribution in [-0.2, 0) is 4.79 Å². The van der Waals surface area contributed by atoms with E-state index in [0.29, 0.717) is 18.0 Å². The lowest BCUT2D eigenvalue weighted by molar-refractivity contribution is -0.126. The van der Waals surface area contributed by atoms with Gasteiger partial charge in [0.2, 0.25) is 5.91 Å². The molecule has 0 spiro atoms. The first-order valence-electron chi connectivity index (χ1n) is 7.53. The number of likely N-dealkylation sites (N-methyl/N-ethyl adjacent to an activating group) is 1. The Morgan fingerprint density at radius 3 is 2.58 bits per heavy atom. The fraction of sp³-hybridized carbons (Fsp3) is 0.933. The van der Waals surface area contributed by atoms with E-state index in [1.54, 1.807) is 0 Å². The molecule has 0 aromatic carbocycles. The Balaban J connectivity index is 2.71. The maximum atomic E-state index is 11.8. The molecule has 4 heteroatoms. The number of carbonyl (C=O) groups excluding carboxylic acids is 1. The van der Waals surface area contributed by atoms with Crippen LogP contribution in [0.15, 0.2) is 0 Å². The van der Waals surface area contributed by atoms with Crippen molar-refractivity contribution in [2.45, 2.75) is 70.5 Å². The van der Waals surface area contributed by atoms with Gasteiger partial charge in [-0.2, -0.15) is 0 Å². The number of hydrogen-bond acceptors (Lipinski definition) is 3. The normalized spacial score (nSPS) is 29.7. The van der Waals surface area contributed by atoms with E-state index in [1.807, 2.05) is 7.05 Å². The molecule has 3 unspecified atom stereocenters. The Kier molecular flexibility index (Phi) is 5.81. The van der Waals surface area contributed by atoms with E-state index in [-0.39, 0.29) is 5.91 Å². The van der Waals surface area contributed by atoms with Gasteiger partial charge in [0.1, 0.15) is 0 Å². The maximum absolute atomic E-state index is 11.8. The minimum atomic E-state index is -0.505. The van der Waals surface area contributed by atoms with Crippen LogP contribution in [0.1, 0.15) is 52.9 Å². The Labute approximate surface area is 118 Å². The molecule has 4 nitrogen and oxygen atoms in total. The maximum Gasteiger partial charge on any atom is 0.237 e. The molecule has 0 saturated heterocycles. The number of nitrogens with one attached hydrogen (secondary N) is 1. The summed E-state index contributed by atoms with van der Waals surface area (Å²) in [7, 11) is 4.04. The molecule has 1 aliphatic rings. The Morgan fingerprint density at radius 2 is 2.11 bits per heavy atom. The van der Waals surface area contributed by atoms with Crippen molar-refractivity contribution in [1.82, 2.24) is 10.2 Å². The molecule has 1 saturated carbocycles. The van der Waals surface area contributed by atoms with Gasteiger partial charge in [0.25, 0.3) is 0 Å². The number of nitrogens with zero attached hydrogens (tertiary/aromatic N) is 1. The molecule has 3 atom stereocenters. The molecule has 0 aromatic heterocycles. The lowest BCUT2D eigenvalue weighted by atomic mass is 9.77. The molecule has 3 N–H and O–H groups in total. The van der Waals surface area contributed by atoms with Crippen molar-refractivity contribution in [1.29, 1.82) is 0 Å². The summed E-state index contributed by atoms with van der Waals surface area (Å²) < 4.78 is 0. The second-order valence-electron chi connectivity index (χ2n) is 6.59. The lowest BCUT2D eigenvalue weighted by Crippen LogP contribution is -2.60. The smallest absolute Gasteiger partial charge is 0.237 e. The first-order chi connectivity index (χ1) is 8.82. The summed E-state index contributed by atoms with van der Waals surface area (Å²) in [4.78, 5) is 14.2. The SMILES string of the molecule is CNC1(C(N)=O)CCCC(N(C)C(C)CC(C)C)C1. The molecule has 0 radical (unpaired) electrons. The summed E-state index contributed by atoms with van der Waals surface area (Å²) in [6.45, 7) is 6.79. The van der Waals surface area contributed by atoms with Gasteiger partial charge in [-0.3, -0.25) is 4.79 Å². The highest BCUT2D eigenvalue weighted by molar-refractivity contribution is 5.84. The third-order valence-electron chi connectivity index (χ3n) is 4.76. The summed E-state index contributed by atoms with van der Waals surface area (Å²) in [5, 5.41) is 3.18. The highest BCUT2D eigenvalue weighted by Crippen LogP contribution is 2.32. The standard InChI is InChI=1S/C15H31N3O/c1-11(2)9-12(3)18(5)13-7-6-8-15(10-13,17-4)14(16)19/h11-13,17H,6-10H2,1-5H3,(H2,16,19). The quantitative estimate of drug-likeness (QED) is 0.772. The third kappa shape index (κ3) is 3.93. The van der Waals surface area contributed by atoms with Gasteiger partial charge in [-0.05, 0) is 59.0 Å². The van der Waals surface area contributed by atoms with E-state index >= 15 is 0 Å². The molecule has 1 amide bonds. The Bertz CT molecular complexity index is 306. The first-order valence-corrected chi connectivity index (χ1v) is 7.53. The van der Waals surface area contributed by atoms with Crippen LogP contribution in [0.4, 0.5) is 0 Å². The van der Waals surface area contributed by atoms with E-state index in [1.165, 1.54) is 6.42 Å². The van der Waals surface area contributed by atoms with Crippen LogP contribution in [-0.4, -0.2) is 42.5 Å². The zero-order valence-corrected chi connectivity index (χ0v) is 13.2. The van der Waals surface area contributed by atoms with Crippen LogP contribution < -0.4 is 11.1 Å². The molecule has 0 bridgehead atoms. The zero-order chi connectivity index (χ0) is 14.6. The highest BCUT2D eigenvalue weighted by Gasteiger charge is 2.41. The van der Waals surface area contributed by atoms with Crippen molar-refractivity contribution in [2.75, 3.05) is 14.1 Å². The third-order valence-corrected chi connectivity index (χ3v) is 4.76. The molecule has 112 valence electrons. The van der Waals surface area contributed by atoms with E-state index in [4.69, 9.17) is 5.73 Å². The van der Waals surface area contributed by atoms with Crippen LogP contribution >= 0.6 is 0 Å². The summed E-state index contributed by atoms with van der Waals surface area (Å²) in [6.07, 6.45) is 5.11. The lowest BCUT2D eigenvalue weighted by Gasteiger charge is -2.44. The average Bonchev–Trinajstić information content (AvgIpc) is 2.36. The molecule has 1 aliphatic carbocycles. The van der Waals surface area contributed by atoms with Crippen molar-refractivity contribution in [3.05, 3.63) is 0 Å². The van der Waals surface area contributed by atoms with Crippen LogP contribution in [0, 0.1) is 5.92 Å². The summed E-state index contributed by atoms with van der Waals surface area (Å²) in [5.74, 6) is 0.496. The van der Waals surface area contributed by atoms with Gasteiger partial charge in [0.15, 0.2) is 0 Å². The van der Waals surface area contributed by atoms with Crippen LogP contribution in [0.2, 0.25) is 0 Å². The molecule has 1 rings (SSSR count). The van der Waals surface area contributed by atoms with Crippen molar-refractivity contribution in [3.8, 4) is 0 Å². The van der Waals surface area contributed by atoms with Crippen molar-refractivity contribution < 1.29 is 4.79 Å². The molecular formula is C15H31N3O. The average molecular weight is 269 g/mol. The predicted octanol–water partition coefficient (Wildman–Crippen LogP) is 1.74. The number of rotatable bonds is 6. The zero-order valence-electron chi connectivity index (χ0n) is 13.2. The summed E-state index contributed by atoms with van der Waals surface area (Å²) in [5.41, 5.74) is 5.11. The van der Waals surface area contributed by atoms with Crippen LogP contribution in [0.25, 0.3) is 0 Å². The second-order valence-corrected chi connectivity index (χ2v) is 6.59. The van der Waals surface area contributed by atoms with Gasteiger partial charge in [-0.15, -0.1) is 0 Å².